The van der Waals surface area contributed by atoms with Crippen LogP contribution >= 0.6 is 0 Å². The largest absolute Gasteiger partial charge is 0.462 e. The Morgan fingerprint density at radius 1 is 0.328 bits per heavy atom. The molecule has 61 heavy (non-hydrogen) atoms. The zero-order valence-corrected chi connectivity index (χ0v) is 42.0. The van der Waals surface area contributed by atoms with E-state index in [-0.39, 0.29) is 31.1 Å². The highest BCUT2D eigenvalue weighted by Crippen LogP contribution is 2.18. The second kappa shape index (κ2) is 46.4. The number of rotatable bonds is 48. The summed E-state index contributed by atoms with van der Waals surface area (Å²) >= 11 is 0. The van der Waals surface area contributed by atoms with Crippen LogP contribution in [0, 0.1) is 17.8 Å². The Labute approximate surface area is 380 Å². The van der Waals surface area contributed by atoms with Crippen LogP contribution in [0.4, 0.5) is 0 Å². The Balaban J connectivity index is 4.29. The van der Waals surface area contributed by atoms with Crippen LogP contribution in [0.1, 0.15) is 298 Å². The van der Waals surface area contributed by atoms with E-state index >= 15 is 0 Å². The van der Waals surface area contributed by atoms with Gasteiger partial charge in [-0.25, -0.2) is 0 Å². The van der Waals surface area contributed by atoms with E-state index in [1.807, 2.05) is 0 Å². The molecule has 0 aliphatic carbocycles. The summed E-state index contributed by atoms with van der Waals surface area (Å²) in [6.07, 6.45) is 46.6. The standard InChI is InChI=1S/C55H106O6/c1-7-51(6)43-37-31-25-21-22-27-33-39-45-54(57)60-48-52(61-55(58)46-40-34-28-20-16-15-18-24-30-36-42-50(4)5)47-59-53(56)44-38-32-26-19-14-12-10-8-9-11-13-17-23-29-35-41-49(2)3/h49-52H,7-48H2,1-6H3/t51?,52-/m1/s1. The predicted molar refractivity (Wildman–Crippen MR) is 261 cm³/mol. The molecule has 0 aromatic heterocycles. The summed E-state index contributed by atoms with van der Waals surface area (Å²) in [5, 5.41) is 0. The second-order valence-corrected chi connectivity index (χ2v) is 20.1. The second-order valence-electron chi connectivity index (χ2n) is 20.1. The van der Waals surface area contributed by atoms with Crippen LogP contribution in [0.2, 0.25) is 0 Å². The van der Waals surface area contributed by atoms with Gasteiger partial charge in [0.15, 0.2) is 6.10 Å². The molecule has 0 fully saturated rings. The summed E-state index contributed by atoms with van der Waals surface area (Å²) in [5.41, 5.74) is 0. The van der Waals surface area contributed by atoms with E-state index in [0.717, 1.165) is 75.5 Å². The fourth-order valence-corrected chi connectivity index (χ4v) is 8.26. The molecule has 0 saturated heterocycles. The summed E-state index contributed by atoms with van der Waals surface area (Å²) in [4.78, 5) is 38.0. The van der Waals surface area contributed by atoms with Gasteiger partial charge in [-0.05, 0) is 37.0 Å². The summed E-state index contributed by atoms with van der Waals surface area (Å²) in [6, 6.07) is 0. The van der Waals surface area contributed by atoms with E-state index in [0.29, 0.717) is 19.3 Å². The van der Waals surface area contributed by atoms with Crippen LogP contribution in [0.3, 0.4) is 0 Å². The Morgan fingerprint density at radius 2 is 0.574 bits per heavy atom. The molecule has 0 aromatic carbocycles. The molecular weight excluding hydrogens is 757 g/mol. The lowest BCUT2D eigenvalue weighted by atomic mass is 9.99. The van der Waals surface area contributed by atoms with Crippen molar-refractivity contribution in [2.75, 3.05) is 13.2 Å². The molecule has 362 valence electrons. The quantitative estimate of drug-likeness (QED) is 0.0344. The Bertz CT molecular complexity index is 947. The van der Waals surface area contributed by atoms with Crippen molar-refractivity contribution in [2.45, 2.75) is 304 Å². The van der Waals surface area contributed by atoms with Crippen LogP contribution < -0.4 is 0 Å². The maximum absolute atomic E-state index is 12.8. The van der Waals surface area contributed by atoms with Gasteiger partial charge < -0.3 is 14.2 Å². The van der Waals surface area contributed by atoms with Crippen molar-refractivity contribution in [3.05, 3.63) is 0 Å². The molecule has 0 amide bonds. The topological polar surface area (TPSA) is 78.9 Å². The summed E-state index contributed by atoms with van der Waals surface area (Å²) in [6.45, 7) is 13.7. The SMILES string of the molecule is CCC(C)CCCCCCCCCCC(=O)OC[C@@H](COC(=O)CCCCCCCCCCCCCCCCCC(C)C)OC(=O)CCCCCCCCCCCCC(C)C. The molecule has 0 heterocycles. The molecule has 0 N–H and O–H groups in total. The van der Waals surface area contributed by atoms with Gasteiger partial charge in [0.1, 0.15) is 13.2 Å². The minimum Gasteiger partial charge on any atom is -0.462 e. The lowest BCUT2D eigenvalue weighted by Crippen LogP contribution is -2.30. The summed E-state index contributed by atoms with van der Waals surface area (Å²) in [5.74, 6) is 1.66. The number of hydrogen-bond donors (Lipinski definition) is 0. The first-order chi connectivity index (χ1) is 29.6. The molecule has 0 aromatic rings. The summed E-state index contributed by atoms with van der Waals surface area (Å²) < 4.78 is 16.8. The molecule has 6 heteroatoms. The highest BCUT2D eigenvalue weighted by Gasteiger charge is 2.19. The molecule has 0 rings (SSSR count). The molecule has 2 atom stereocenters. The van der Waals surface area contributed by atoms with E-state index in [2.05, 4.69) is 41.5 Å². The van der Waals surface area contributed by atoms with Gasteiger partial charge in [-0.15, -0.1) is 0 Å². The third kappa shape index (κ3) is 47.7. The highest BCUT2D eigenvalue weighted by molar-refractivity contribution is 5.71. The van der Waals surface area contributed by atoms with Crippen molar-refractivity contribution in [3.63, 3.8) is 0 Å². The zero-order chi connectivity index (χ0) is 44.9. The normalized spacial score (nSPS) is 12.6. The highest BCUT2D eigenvalue weighted by atomic mass is 16.6. The van der Waals surface area contributed by atoms with Crippen molar-refractivity contribution < 1.29 is 28.6 Å². The van der Waals surface area contributed by atoms with Crippen LogP contribution in [-0.2, 0) is 28.6 Å². The monoisotopic (exact) mass is 863 g/mol. The van der Waals surface area contributed by atoms with Crippen LogP contribution in [-0.4, -0.2) is 37.2 Å². The van der Waals surface area contributed by atoms with Crippen molar-refractivity contribution in [3.8, 4) is 0 Å². The number of ether oxygens (including phenoxy) is 3. The fraction of sp³-hybridized carbons (Fsp3) is 0.945. The average Bonchev–Trinajstić information content (AvgIpc) is 3.23. The molecule has 0 saturated carbocycles. The smallest absolute Gasteiger partial charge is 0.306 e. The van der Waals surface area contributed by atoms with Gasteiger partial charge in [-0.3, -0.25) is 14.4 Å². The molecule has 0 aliphatic heterocycles. The van der Waals surface area contributed by atoms with Crippen LogP contribution in [0.25, 0.3) is 0 Å². The van der Waals surface area contributed by atoms with E-state index < -0.39 is 6.10 Å². The summed E-state index contributed by atoms with van der Waals surface area (Å²) in [7, 11) is 0. The van der Waals surface area contributed by atoms with Gasteiger partial charge in [0.2, 0.25) is 0 Å². The van der Waals surface area contributed by atoms with Crippen molar-refractivity contribution >= 4 is 17.9 Å². The third-order valence-corrected chi connectivity index (χ3v) is 12.8. The third-order valence-electron chi connectivity index (χ3n) is 12.8. The van der Waals surface area contributed by atoms with Gasteiger partial charge in [0.05, 0.1) is 0 Å². The maximum Gasteiger partial charge on any atom is 0.306 e. The van der Waals surface area contributed by atoms with Gasteiger partial charge in [-0.2, -0.15) is 0 Å². The predicted octanol–water partition coefficient (Wildman–Crippen LogP) is 17.6. The van der Waals surface area contributed by atoms with Gasteiger partial charge in [-0.1, -0.05) is 260 Å². The number of hydrogen-bond acceptors (Lipinski definition) is 6. The molecular formula is C55H106O6. The first kappa shape index (κ1) is 59.4. The Morgan fingerprint density at radius 3 is 0.852 bits per heavy atom. The number of carbonyl (C=O) groups excluding carboxylic acids is 3. The number of unbranched alkanes of at least 4 members (excludes halogenated alkanes) is 30. The fourth-order valence-electron chi connectivity index (χ4n) is 8.26. The van der Waals surface area contributed by atoms with Gasteiger partial charge in [0, 0.05) is 19.3 Å². The minimum atomic E-state index is -0.763. The molecule has 0 aliphatic rings. The van der Waals surface area contributed by atoms with Crippen molar-refractivity contribution in [1.29, 1.82) is 0 Å². The van der Waals surface area contributed by atoms with Crippen LogP contribution in [0.15, 0.2) is 0 Å². The molecule has 6 nitrogen and oxygen atoms in total. The zero-order valence-electron chi connectivity index (χ0n) is 42.0. The lowest BCUT2D eigenvalue weighted by Gasteiger charge is -2.18. The van der Waals surface area contributed by atoms with Crippen LogP contribution in [0.5, 0.6) is 0 Å². The minimum absolute atomic E-state index is 0.0645. The van der Waals surface area contributed by atoms with Gasteiger partial charge >= 0.3 is 17.9 Å². The first-order valence-corrected chi connectivity index (χ1v) is 27.1. The number of esters is 3. The molecule has 0 radical (unpaired) electrons. The Hall–Kier alpha value is -1.59. The van der Waals surface area contributed by atoms with Gasteiger partial charge in [0.25, 0.3) is 0 Å². The van der Waals surface area contributed by atoms with E-state index in [1.54, 1.807) is 0 Å². The number of carbonyl (C=O) groups is 3. The maximum atomic E-state index is 12.8. The van der Waals surface area contributed by atoms with E-state index in [1.165, 1.54) is 180 Å². The van der Waals surface area contributed by atoms with E-state index in [4.69, 9.17) is 14.2 Å². The molecule has 0 bridgehead atoms. The Kier molecular flexibility index (Phi) is 45.2. The van der Waals surface area contributed by atoms with Crippen molar-refractivity contribution in [2.24, 2.45) is 17.8 Å². The molecule has 0 spiro atoms. The first-order valence-electron chi connectivity index (χ1n) is 27.1. The lowest BCUT2D eigenvalue weighted by molar-refractivity contribution is -0.167. The van der Waals surface area contributed by atoms with Crippen molar-refractivity contribution in [1.82, 2.24) is 0 Å². The average molecular weight is 863 g/mol. The molecule has 1 unspecified atom stereocenters. The van der Waals surface area contributed by atoms with E-state index in [9.17, 15) is 14.4 Å².